The van der Waals surface area contributed by atoms with Crippen LogP contribution in [0.25, 0.3) is 22.2 Å². The fourth-order valence-electron chi connectivity index (χ4n) is 4.06. The van der Waals surface area contributed by atoms with E-state index in [-0.39, 0.29) is 0 Å². The van der Waals surface area contributed by atoms with E-state index >= 15 is 0 Å². The van der Waals surface area contributed by atoms with E-state index in [0.29, 0.717) is 6.04 Å². The highest BCUT2D eigenvalue weighted by Gasteiger charge is 2.21. The molecule has 2 atom stereocenters. The predicted molar refractivity (Wildman–Crippen MR) is 109 cm³/mol. The fourth-order valence-corrected chi connectivity index (χ4v) is 5.01. The number of halogens is 1. The standard InChI is InChI=1S/C20H24ClN3S/c1-12-5-4-6-15(9-12)22-20-23-17(11-25-20)19-13(2)24(3)18-8-7-14(21)10-16(18)19/h7-8,10-12,15H,4-6,9H2,1-3H3,(H,22,23). The SMILES string of the molecule is Cc1c(-c2csc(NC3CCCC(C)C3)n2)c2cc(Cl)ccc2n1C. The minimum atomic E-state index is 0.561. The van der Waals surface area contributed by atoms with Crippen molar-refractivity contribution in [3.63, 3.8) is 0 Å². The summed E-state index contributed by atoms with van der Waals surface area (Å²) in [5, 5.41) is 8.80. The Bertz CT molecular complexity index is 911. The third-order valence-electron chi connectivity index (χ3n) is 5.48. The first-order chi connectivity index (χ1) is 12.0. The number of aryl methyl sites for hydroxylation is 1. The first-order valence-electron chi connectivity index (χ1n) is 9.00. The van der Waals surface area contributed by atoms with E-state index in [1.807, 2.05) is 6.07 Å². The van der Waals surface area contributed by atoms with Crippen LogP contribution in [0.15, 0.2) is 23.6 Å². The van der Waals surface area contributed by atoms with Crippen LogP contribution in [0.5, 0.6) is 0 Å². The van der Waals surface area contributed by atoms with Gasteiger partial charge in [0.15, 0.2) is 5.13 Å². The zero-order valence-corrected chi connectivity index (χ0v) is 16.5. The van der Waals surface area contributed by atoms with E-state index < -0.39 is 0 Å². The van der Waals surface area contributed by atoms with Crippen LogP contribution in [-0.4, -0.2) is 15.6 Å². The Labute approximate surface area is 158 Å². The third-order valence-corrected chi connectivity index (χ3v) is 6.49. The maximum absolute atomic E-state index is 6.25. The van der Waals surface area contributed by atoms with Crippen LogP contribution >= 0.6 is 22.9 Å². The summed E-state index contributed by atoms with van der Waals surface area (Å²) < 4.78 is 2.22. The molecule has 1 N–H and O–H groups in total. The van der Waals surface area contributed by atoms with E-state index in [0.717, 1.165) is 21.8 Å². The Hall–Kier alpha value is -1.52. The van der Waals surface area contributed by atoms with Crippen LogP contribution in [0.1, 0.15) is 38.3 Å². The Morgan fingerprint density at radius 3 is 2.96 bits per heavy atom. The summed E-state index contributed by atoms with van der Waals surface area (Å²) >= 11 is 7.95. The molecule has 5 heteroatoms. The molecule has 1 aliphatic carbocycles. The monoisotopic (exact) mass is 373 g/mol. The lowest BCUT2D eigenvalue weighted by atomic mass is 9.87. The summed E-state index contributed by atoms with van der Waals surface area (Å²) in [5.74, 6) is 0.813. The summed E-state index contributed by atoms with van der Waals surface area (Å²) in [6, 6.07) is 6.65. The van der Waals surface area contributed by atoms with Crippen molar-refractivity contribution in [1.29, 1.82) is 0 Å². The van der Waals surface area contributed by atoms with Crippen LogP contribution in [0.2, 0.25) is 5.02 Å². The molecule has 1 aromatic carbocycles. The first-order valence-corrected chi connectivity index (χ1v) is 10.3. The molecule has 1 saturated carbocycles. The van der Waals surface area contributed by atoms with Gasteiger partial charge in [-0.15, -0.1) is 11.3 Å². The summed E-state index contributed by atoms with van der Waals surface area (Å²) in [6.07, 6.45) is 5.18. The van der Waals surface area contributed by atoms with Gasteiger partial charge in [0, 0.05) is 45.7 Å². The molecule has 2 unspecified atom stereocenters. The van der Waals surface area contributed by atoms with Gasteiger partial charge in [-0.05, 0) is 43.9 Å². The number of hydrogen-bond donors (Lipinski definition) is 1. The van der Waals surface area contributed by atoms with Gasteiger partial charge in [-0.1, -0.05) is 31.4 Å². The van der Waals surface area contributed by atoms with E-state index in [9.17, 15) is 0 Å². The maximum atomic E-state index is 6.25. The van der Waals surface area contributed by atoms with E-state index in [1.165, 1.54) is 47.8 Å². The second-order valence-electron chi connectivity index (χ2n) is 7.33. The van der Waals surface area contributed by atoms with Gasteiger partial charge in [0.05, 0.1) is 5.69 Å². The zero-order chi connectivity index (χ0) is 17.6. The van der Waals surface area contributed by atoms with Crippen molar-refractivity contribution in [2.75, 3.05) is 5.32 Å². The summed E-state index contributed by atoms with van der Waals surface area (Å²) in [5.41, 5.74) is 4.66. The molecule has 0 amide bonds. The number of hydrogen-bond acceptors (Lipinski definition) is 3. The minimum absolute atomic E-state index is 0.561. The van der Waals surface area contributed by atoms with Crippen molar-refractivity contribution in [2.45, 2.75) is 45.6 Å². The Kier molecular flexibility index (Phi) is 4.50. The number of nitrogens with zero attached hydrogens (tertiary/aromatic N) is 2. The second kappa shape index (κ2) is 6.65. The van der Waals surface area contributed by atoms with Crippen LogP contribution in [-0.2, 0) is 7.05 Å². The third kappa shape index (κ3) is 3.18. The van der Waals surface area contributed by atoms with Crippen molar-refractivity contribution in [2.24, 2.45) is 13.0 Å². The predicted octanol–water partition coefficient (Wildman–Crippen LogP) is 6.25. The van der Waals surface area contributed by atoms with Crippen molar-refractivity contribution in [1.82, 2.24) is 9.55 Å². The van der Waals surface area contributed by atoms with Crippen molar-refractivity contribution < 1.29 is 0 Å². The minimum Gasteiger partial charge on any atom is -0.359 e. The highest BCUT2D eigenvalue weighted by atomic mass is 35.5. The normalized spacial score (nSPS) is 21.0. The fraction of sp³-hybridized carbons (Fsp3) is 0.450. The molecule has 4 rings (SSSR count). The Morgan fingerprint density at radius 2 is 2.16 bits per heavy atom. The lowest BCUT2D eigenvalue weighted by Gasteiger charge is -2.27. The number of aromatic nitrogens is 2. The van der Waals surface area contributed by atoms with Gasteiger partial charge in [-0.2, -0.15) is 0 Å². The van der Waals surface area contributed by atoms with Crippen LogP contribution < -0.4 is 5.32 Å². The van der Waals surface area contributed by atoms with Gasteiger partial charge in [0.1, 0.15) is 0 Å². The largest absolute Gasteiger partial charge is 0.359 e. The van der Waals surface area contributed by atoms with Gasteiger partial charge in [0.25, 0.3) is 0 Å². The molecule has 25 heavy (non-hydrogen) atoms. The number of fused-ring (bicyclic) bond motifs is 1. The maximum Gasteiger partial charge on any atom is 0.183 e. The smallest absolute Gasteiger partial charge is 0.183 e. The molecule has 3 aromatic rings. The molecule has 0 spiro atoms. The van der Waals surface area contributed by atoms with Crippen molar-refractivity contribution in [3.05, 3.63) is 34.3 Å². The van der Waals surface area contributed by atoms with E-state index in [4.69, 9.17) is 16.6 Å². The highest BCUT2D eigenvalue weighted by Crippen LogP contribution is 2.37. The van der Waals surface area contributed by atoms with Crippen molar-refractivity contribution >= 4 is 39.0 Å². The molecule has 0 aliphatic heterocycles. The van der Waals surface area contributed by atoms with Gasteiger partial charge >= 0.3 is 0 Å². The number of rotatable bonds is 3. The number of anilines is 1. The molecule has 1 fully saturated rings. The molecule has 0 bridgehead atoms. The number of nitrogens with one attached hydrogen (secondary N) is 1. The molecule has 0 radical (unpaired) electrons. The topological polar surface area (TPSA) is 29.9 Å². The molecular formula is C20H24ClN3S. The molecule has 2 heterocycles. The summed E-state index contributed by atoms with van der Waals surface area (Å²) in [7, 11) is 2.10. The average Bonchev–Trinajstić information content (AvgIpc) is 3.11. The van der Waals surface area contributed by atoms with Gasteiger partial charge in [-0.25, -0.2) is 4.98 Å². The summed E-state index contributed by atoms with van der Waals surface area (Å²) in [4.78, 5) is 4.90. The van der Waals surface area contributed by atoms with Crippen molar-refractivity contribution in [3.8, 4) is 11.3 Å². The average molecular weight is 374 g/mol. The number of thiazole rings is 1. The highest BCUT2D eigenvalue weighted by molar-refractivity contribution is 7.14. The molecule has 1 aliphatic rings. The summed E-state index contributed by atoms with van der Waals surface area (Å²) in [6.45, 7) is 4.50. The van der Waals surface area contributed by atoms with E-state index in [2.05, 4.69) is 48.3 Å². The number of benzene rings is 1. The van der Waals surface area contributed by atoms with Gasteiger partial charge in [-0.3, -0.25) is 0 Å². The molecule has 0 saturated heterocycles. The van der Waals surface area contributed by atoms with Gasteiger partial charge in [0.2, 0.25) is 0 Å². The van der Waals surface area contributed by atoms with Crippen LogP contribution in [0, 0.1) is 12.8 Å². The molecule has 132 valence electrons. The van der Waals surface area contributed by atoms with Crippen LogP contribution in [0.4, 0.5) is 5.13 Å². The van der Waals surface area contributed by atoms with E-state index in [1.54, 1.807) is 11.3 Å². The molecular weight excluding hydrogens is 350 g/mol. The van der Waals surface area contributed by atoms with Crippen LogP contribution in [0.3, 0.4) is 0 Å². The first kappa shape index (κ1) is 16.9. The lowest BCUT2D eigenvalue weighted by molar-refractivity contribution is 0.358. The lowest BCUT2D eigenvalue weighted by Crippen LogP contribution is -2.26. The zero-order valence-electron chi connectivity index (χ0n) is 15.0. The molecule has 2 aromatic heterocycles. The van der Waals surface area contributed by atoms with Gasteiger partial charge < -0.3 is 9.88 Å². The second-order valence-corrected chi connectivity index (χ2v) is 8.63. The Morgan fingerprint density at radius 1 is 1.32 bits per heavy atom. The molecule has 3 nitrogen and oxygen atoms in total. The Balaban J connectivity index is 1.67. The quantitative estimate of drug-likeness (QED) is 0.587.